The minimum atomic E-state index is -2.88. The molecule has 0 aliphatic carbocycles. The number of ketones is 1. The molecule has 0 unspecified atom stereocenters. The van der Waals surface area contributed by atoms with Crippen molar-refractivity contribution in [1.29, 1.82) is 0 Å². The van der Waals surface area contributed by atoms with E-state index < -0.39 is 8.32 Å². The van der Waals surface area contributed by atoms with Crippen molar-refractivity contribution < 1.29 is 9.32 Å². The first-order valence-electron chi connectivity index (χ1n) is 9.11. The van der Waals surface area contributed by atoms with Crippen LogP contribution >= 0.6 is 0 Å². The van der Waals surface area contributed by atoms with Crippen molar-refractivity contribution in [1.82, 2.24) is 0 Å². The van der Waals surface area contributed by atoms with Gasteiger partial charge in [0.1, 0.15) is 5.71 Å². The molecule has 0 saturated carbocycles. The number of hydrogen-bond donors (Lipinski definition) is 0. The van der Waals surface area contributed by atoms with Gasteiger partial charge in [0.15, 0.2) is 5.78 Å². The lowest BCUT2D eigenvalue weighted by molar-refractivity contribution is -0.112. The highest BCUT2D eigenvalue weighted by molar-refractivity contribution is 7.07. The molecule has 0 aliphatic rings. The minimum absolute atomic E-state index is 0.00733. The molecule has 4 heteroatoms. The lowest BCUT2D eigenvalue weighted by Crippen LogP contribution is -2.68. The van der Waals surface area contributed by atoms with Gasteiger partial charge in [-0.2, -0.15) is 0 Å². The Labute approximate surface area is 161 Å². The fourth-order valence-corrected chi connectivity index (χ4v) is 6.70. The summed E-state index contributed by atoms with van der Waals surface area (Å²) < 4.78 is 6.38. The highest BCUT2D eigenvalue weighted by atomic mass is 28.4. The summed E-state index contributed by atoms with van der Waals surface area (Å²) in [6.07, 6.45) is 0.412. The Bertz CT molecular complexity index is 812. The molecule has 0 N–H and O–H groups in total. The Balaban J connectivity index is 2.24. The second-order valence-corrected chi connectivity index (χ2v) is 9.60. The van der Waals surface area contributed by atoms with Crippen LogP contribution in [0.3, 0.4) is 0 Å². The third-order valence-corrected chi connectivity index (χ3v) is 8.39. The molecule has 0 fully saturated rings. The van der Waals surface area contributed by atoms with Crippen molar-refractivity contribution in [3.63, 3.8) is 0 Å². The van der Waals surface area contributed by atoms with E-state index >= 15 is 0 Å². The smallest absolute Gasteiger partial charge is 0.380 e. The standard InChI is InChI=1S/C23H23NO2Si/c1-3-23(25)19(2)24-26-27(20-13-7-4-8-14-20,21-15-9-5-10-16-21)22-17-11-6-12-18-22/h4-18H,3H2,1-2H3/b24-19+. The number of benzene rings is 3. The van der Waals surface area contributed by atoms with Crippen LogP contribution in [0.2, 0.25) is 0 Å². The molecule has 136 valence electrons. The van der Waals surface area contributed by atoms with Gasteiger partial charge in [0.25, 0.3) is 0 Å². The summed E-state index contributed by atoms with van der Waals surface area (Å²) in [5.41, 5.74) is 0.400. The maximum absolute atomic E-state index is 12.0. The third-order valence-electron chi connectivity index (χ3n) is 4.59. The van der Waals surface area contributed by atoms with E-state index in [1.807, 2.05) is 61.5 Å². The number of oxime groups is 1. The van der Waals surface area contributed by atoms with E-state index in [0.29, 0.717) is 12.1 Å². The minimum Gasteiger partial charge on any atom is -0.438 e. The zero-order valence-corrected chi connectivity index (χ0v) is 16.6. The molecule has 0 bridgehead atoms. The van der Waals surface area contributed by atoms with Gasteiger partial charge in [-0.1, -0.05) is 97.9 Å². The molecule has 0 amide bonds. The summed E-state index contributed by atoms with van der Waals surface area (Å²) in [6.45, 7) is 3.55. The predicted octanol–water partition coefficient (Wildman–Crippen LogP) is 3.03. The Morgan fingerprint density at radius 1 is 0.778 bits per heavy atom. The zero-order chi connectivity index (χ0) is 19.1. The monoisotopic (exact) mass is 373 g/mol. The van der Waals surface area contributed by atoms with Crippen LogP contribution in [0.4, 0.5) is 0 Å². The van der Waals surface area contributed by atoms with Crippen molar-refractivity contribution in [3.8, 4) is 0 Å². The molecule has 3 nitrogen and oxygen atoms in total. The first-order valence-corrected chi connectivity index (χ1v) is 11.0. The third kappa shape index (κ3) is 3.91. The highest BCUT2D eigenvalue weighted by Gasteiger charge is 2.45. The van der Waals surface area contributed by atoms with E-state index in [-0.39, 0.29) is 5.78 Å². The summed E-state index contributed by atoms with van der Waals surface area (Å²) in [6, 6.07) is 30.6. The first kappa shape index (κ1) is 18.8. The van der Waals surface area contributed by atoms with Crippen LogP contribution in [0.1, 0.15) is 20.3 Å². The van der Waals surface area contributed by atoms with E-state index in [1.54, 1.807) is 6.92 Å². The normalized spacial score (nSPS) is 11.9. The fourth-order valence-electron chi connectivity index (χ4n) is 3.12. The summed E-state index contributed by atoms with van der Waals surface area (Å²) in [7, 11) is -2.88. The molecular weight excluding hydrogens is 350 g/mol. The van der Waals surface area contributed by atoms with Gasteiger partial charge in [-0.25, -0.2) is 0 Å². The van der Waals surface area contributed by atoms with E-state index in [2.05, 4.69) is 41.6 Å². The van der Waals surface area contributed by atoms with E-state index in [4.69, 9.17) is 4.53 Å². The van der Waals surface area contributed by atoms with Gasteiger partial charge < -0.3 is 4.53 Å². The van der Waals surface area contributed by atoms with Gasteiger partial charge in [0.2, 0.25) is 0 Å². The van der Waals surface area contributed by atoms with E-state index in [1.165, 1.54) is 0 Å². The topological polar surface area (TPSA) is 38.7 Å². The van der Waals surface area contributed by atoms with Crippen LogP contribution in [-0.4, -0.2) is 19.8 Å². The van der Waals surface area contributed by atoms with Gasteiger partial charge in [0, 0.05) is 6.42 Å². The van der Waals surface area contributed by atoms with Gasteiger partial charge in [0.05, 0.1) is 0 Å². The number of nitrogens with zero attached hydrogens (tertiary/aromatic N) is 1. The van der Waals surface area contributed by atoms with Gasteiger partial charge in [-0.15, -0.1) is 5.16 Å². The number of carbonyl (C=O) groups is 1. The van der Waals surface area contributed by atoms with Crippen LogP contribution in [0.15, 0.2) is 96.2 Å². The average Bonchev–Trinajstić information content (AvgIpc) is 2.75. The number of rotatable bonds is 7. The Morgan fingerprint density at radius 3 is 1.48 bits per heavy atom. The maximum Gasteiger partial charge on any atom is 0.380 e. The van der Waals surface area contributed by atoms with Gasteiger partial charge in [-0.05, 0) is 22.5 Å². The largest absolute Gasteiger partial charge is 0.438 e. The molecule has 27 heavy (non-hydrogen) atoms. The molecule has 3 rings (SSSR count). The molecular formula is C23H23NO2Si. The molecule has 0 saturated heterocycles. The SMILES string of the molecule is CCC(=O)/C(C)=N/O[Si](c1ccccc1)(c1ccccc1)c1ccccc1. The highest BCUT2D eigenvalue weighted by Crippen LogP contribution is 2.10. The van der Waals surface area contributed by atoms with Crippen LogP contribution in [0.5, 0.6) is 0 Å². The molecule has 0 aliphatic heterocycles. The summed E-state index contributed by atoms with van der Waals surface area (Å²) in [5, 5.41) is 7.58. The van der Waals surface area contributed by atoms with Crippen molar-refractivity contribution in [3.05, 3.63) is 91.0 Å². The Morgan fingerprint density at radius 2 is 1.15 bits per heavy atom. The fraction of sp³-hybridized carbons (Fsp3) is 0.130. The van der Waals surface area contributed by atoms with Gasteiger partial charge >= 0.3 is 8.32 Å². The van der Waals surface area contributed by atoms with E-state index in [0.717, 1.165) is 15.6 Å². The summed E-state index contributed by atoms with van der Waals surface area (Å²) >= 11 is 0. The first-order chi connectivity index (χ1) is 13.2. The molecule has 0 spiro atoms. The van der Waals surface area contributed by atoms with Crippen LogP contribution < -0.4 is 15.6 Å². The van der Waals surface area contributed by atoms with Crippen molar-refractivity contribution in [2.45, 2.75) is 20.3 Å². The number of carbonyl (C=O) groups excluding carboxylic acids is 1. The molecule has 3 aromatic carbocycles. The average molecular weight is 374 g/mol. The maximum atomic E-state index is 12.0. The second kappa shape index (κ2) is 8.60. The summed E-state index contributed by atoms with van der Waals surface area (Å²) in [4.78, 5) is 12.0. The molecule has 3 aromatic rings. The molecule has 0 radical (unpaired) electrons. The van der Waals surface area contributed by atoms with Crippen LogP contribution in [-0.2, 0) is 9.32 Å². The molecule has 0 heterocycles. The molecule has 0 aromatic heterocycles. The van der Waals surface area contributed by atoms with Crippen LogP contribution in [0, 0.1) is 0 Å². The van der Waals surface area contributed by atoms with Gasteiger partial charge in [-0.3, -0.25) is 4.79 Å². The molecule has 0 atom stereocenters. The Kier molecular flexibility index (Phi) is 5.99. The lowest BCUT2D eigenvalue weighted by Gasteiger charge is -2.30. The number of Topliss-reactive ketones (excluding diaryl/α,β-unsaturated/α-hetero) is 1. The van der Waals surface area contributed by atoms with Crippen molar-refractivity contribution >= 4 is 35.4 Å². The quantitative estimate of drug-likeness (QED) is 0.276. The number of hydrogen-bond acceptors (Lipinski definition) is 3. The van der Waals surface area contributed by atoms with Crippen LogP contribution in [0.25, 0.3) is 0 Å². The zero-order valence-electron chi connectivity index (χ0n) is 15.6. The van der Waals surface area contributed by atoms with E-state index in [9.17, 15) is 4.79 Å². The predicted molar refractivity (Wildman–Crippen MR) is 113 cm³/mol. The van der Waals surface area contributed by atoms with Crippen molar-refractivity contribution in [2.75, 3.05) is 0 Å². The lowest BCUT2D eigenvalue weighted by atomic mass is 10.2. The summed E-state index contributed by atoms with van der Waals surface area (Å²) in [5.74, 6) is -0.00733. The second-order valence-electron chi connectivity index (χ2n) is 6.32. The van der Waals surface area contributed by atoms with Crippen molar-refractivity contribution in [2.24, 2.45) is 5.16 Å². The Hall–Kier alpha value is -2.98.